The first-order valence-electron chi connectivity index (χ1n) is 22.3. The van der Waals surface area contributed by atoms with Crippen LogP contribution in [0.25, 0.3) is 109 Å². The summed E-state index contributed by atoms with van der Waals surface area (Å²) in [6.45, 7) is 2.24. The van der Waals surface area contributed by atoms with Crippen molar-refractivity contribution in [1.82, 2.24) is 9.88 Å². The number of rotatable bonds is 4. The number of aromatic nitrogens is 1. The number of hydrogen-bond acceptors (Lipinski definition) is 4. The molecule has 0 spiro atoms. The molecule has 1 unspecified atom stereocenters. The number of aliphatic imine (C=N–C) groups is 1. The second-order valence-electron chi connectivity index (χ2n) is 17.6. The highest BCUT2D eigenvalue weighted by Gasteiger charge is 2.26. The van der Waals surface area contributed by atoms with Gasteiger partial charge in [0.1, 0.15) is 28.5 Å². The van der Waals surface area contributed by atoms with Crippen LogP contribution in [-0.4, -0.2) is 10.3 Å². The predicted octanol–water partition coefficient (Wildman–Crippen LogP) is 16.0. The van der Waals surface area contributed by atoms with E-state index < -0.39 is 6.17 Å². The van der Waals surface area contributed by atoms with Crippen molar-refractivity contribution in [3.63, 3.8) is 0 Å². The fraction of sp³-hybridized carbons (Fsp3) is 0.0500. The smallest absolute Gasteiger partial charge is 0.145 e. The number of nitrogens with one attached hydrogen (secondary N) is 1. The standard InChI is InChI=1S/C60H39N3O2/c1-35-26-50(61-60(62-59(35)42-23-22-36-12-2-3-13-37(36)27-42)43-24-25-55-48(30-43)46-19-9-11-21-54(46)64-55)44-32-53(58-49-29-39-15-5-7-17-41(39)33-56(49)65-57(58)34-44)63-51-20-10-8-18-45(51)47-28-38-14-4-6-16-40(38)31-52(47)63/h2-25,27-34,60,62H,26H2,1H3. The van der Waals surface area contributed by atoms with E-state index in [4.69, 9.17) is 13.8 Å². The summed E-state index contributed by atoms with van der Waals surface area (Å²) in [4.78, 5) is 5.75. The molecule has 5 nitrogen and oxygen atoms in total. The molecule has 4 heterocycles. The SMILES string of the molecule is CC1=C(c2ccc3ccccc3c2)NC(c2ccc3oc4ccccc4c3c2)N=C(c2cc(-n3c4ccccc4c4cc5ccccc5cc43)c3c(c2)oc2cc4ccccc4cc23)C1. The van der Waals surface area contributed by atoms with E-state index in [-0.39, 0.29) is 0 Å². The molecule has 0 bridgehead atoms. The molecule has 1 aliphatic heterocycles. The Balaban J connectivity index is 1.05. The van der Waals surface area contributed by atoms with Gasteiger partial charge in [-0.1, -0.05) is 127 Å². The summed E-state index contributed by atoms with van der Waals surface area (Å²) in [5.74, 6) is 0. The fourth-order valence-electron chi connectivity index (χ4n) is 10.6. The third kappa shape index (κ3) is 5.62. The molecule has 306 valence electrons. The fourth-order valence-corrected chi connectivity index (χ4v) is 10.6. The molecule has 13 aromatic rings. The first kappa shape index (κ1) is 36.1. The molecule has 65 heavy (non-hydrogen) atoms. The van der Waals surface area contributed by atoms with Gasteiger partial charge >= 0.3 is 0 Å². The van der Waals surface area contributed by atoms with Gasteiger partial charge in [0.2, 0.25) is 0 Å². The molecule has 0 saturated heterocycles. The van der Waals surface area contributed by atoms with E-state index in [9.17, 15) is 0 Å². The molecule has 10 aromatic carbocycles. The second kappa shape index (κ2) is 13.8. The maximum atomic E-state index is 7.00. The van der Waals surface area contributed by atoms with Gasteiger partial charge in [0, 0.05) is 50.3 Å². The number of hydrogen-bond donors (Lipinski definition) is 1. The van der Waals surface area contributed by atoms with E-state index >= 15 is 0 Å². The average molecular weight is 834 g/mol. The van der Waals surface area contributed by atoms with Crippen LogP contribution < -0.4 is 5.32 Å². The summed E-state index contributed by atoms with van der Waals surface area (Å²) >= 11 is 0. The third-order valence-electron chi connectivity index (χ3n) is 13.7. The molecular formula is C60H39N3O2. The maximum Gasteiger partial charge on any atom is 0.145 e. The van der Waals surface area contributed by atoms with Gasteiger partial charge in [-0.2, -0.15) is 0 Å². The van der Waals surface area contributed by atoms with Gasteiger partial charge in [-0.25, -0.2) is 0 Å². The van der Waals surface area contributed by atoms with Crippen molar-refractivity contribution in [2.45, 2.75) is 19.5 Å². The minimum absolute atomic E-state index is 0.401. The second-order valence-corrected chi connectivity index (χ2v) is 17.6. The van der Waals surface area contributed by atoms with Crippen LogP contribution in [0, 0.1) is 0 Å². The molecule has 0 radical (unpaired) electrons. The van der Waals surface area contributed by atoms with E-state index in [0.717, 1.165) is 94.1 Å². The number of allylic oxidation sites excluding steroid dienone is 1. The Hall–Kier alpha value is -8.41. The molecule has 0 aliphatic carbocycles. The minimum Gasteiger partial charge on any atom is -0.456 e. The highest BCUT2D eigenvalue weighted by molar-refractivity contribution is 6.19. The van der Waals surface area contributed by atoms with Gasteiger partial charge in [0.25, 0.3) is 0 Å². The quantitative estimate of drug-likeness (QED) is 0.192. The van der Waals surface area contributed by atoms with E-state index in [1.54, 1.807) is 0 Å². The van der Waals surface area contributed by atoms with Crippen molar-refractivity contribution in [2.24, 2.45) is 4.99 Å². The predicted molar refractivity (Wildman–Crippen MR) is 270 cm³/mol. The summed E-state index contributed by atoms with van der Waals surface area (Å²) in [5, 5.41) is 17.9. The third-order valence-corrected chi connectivity index (χ3v) is 13.7. The van der Waals surface area contributed by atoms with Gasteiger partial charge in [-0.15, -0.1) is 0 Å². The van der Waals surface area contributed by atoms with Gasteiger partial charge in [-0.3, -0.25) is 4.99 Å². The summed E-state index contributed by atoms with van der Waals surface area (Å²) in [5.41, 5.74) is 13.3. The van der Waals surface area contributed by atoms with Crippen molar-refractivity contribution in [3.8, 4) is 5.69 Å². The molecular weight excluding hydrogens is 795 g/mol. The molecule has 1 N–H and O–H groups in total. The normalized spacial score (nSPS) is 14.8. The number of nitrogens with zero attached hydrogens (tertiary/aromatic N) is 2. The molecule has 3 aromatic heterocycles. The zero-order valence-electron chi connectivity index (χ0n) is 35.5. The molecule has 5 heteroatoms. The summed E-state index contributed by atoms with van der Waals surface area (Å²) < 4.78 is 15.8. The minimum atomic E-state index is -0.401. The van der Waals surface area contributed by atoms with Crippen molar-refractivity contribution < 1.29 is 8.83 Å². The van der Waals surface area contributed by atoms with Crippen molar-refractivity contribution in [1.29, 1.82) is 0 Å². The zero-order valence-corrected chi connectivity index (χ0v) is 35.5. The van der Waals surface area contributed by atoms with Gasteiger partial charge in [-0.05, 0) is 123 Å². The van der Waals surface area contributed by atoms with E-state index in [1.807, 2.05) is 12.1 Å². The molecule has 1 aliphatic rings. The lowest BCUT2D eigenvalue weighted by Crippen LogP contribution is -2.18. The monoisotopic (exact) mass is 833 g/mol. The Morgan fingerprint density at radius 2 is 1.11 bits per heavy atom. The van der Waals surface area contributed by atoms with E-state index in [2.05, 4.69) is 199 Å². The first-order valence-corrected chi connectivity index (χ1v) is 22.3. The Kier molecular flexibility index (Phi) is 7.66. The van der Waals surface area contributed by atoms with Gasteiger partial charge in [0.05, 0.1) is 22.1 Å². The van der Waals surface area contributed by atoms with Crippen LogP contribution in [0.3, 0.4) is 0 Å². The number of fused-ring (bicyclic) bond motifs is 12. The van der Waals surface area contributed by atoms with Crippen LogP contribution in [0.5, 0.6) is 0 Å². The lowest BCUT2D eigenvalue weighted by molar-refractivity contribution is 0.662. The maximum absolute atomic E-state index is 7.00. The Morgan fingerprint density at radius 3 is 1.92 bits per heavy atom. The van der Waals surface area contributed by atoms with Crippen LogP contribution in [0.2, 0.25) is 0 Å². The lowest BCUT2D eigenvalue weighted by atomic mass is 9.96. The van der Waals surface area contributed by atoms with E-state index in [1.165, 1.54) is 43.3 Å². The molecule has 0 saturated carbocycles. The topological polar surface area (TPSA) is 55.6 Å². The summed E-state index contributed by atoms with van der Waals surface area (Å²) in [7, 11) is 0. The number of benzene rings is 10. The number of furan rings is 2. The van der Waals surface area contributed by atoms with Crippen LogP contribution in [0.1, 0.15) is 36.2 Å². The van der Waals surface area contributed by atoms with Crippen molar-refractivity contribution in [3.05, 3.63) is 216 Å². The molecule has 0 fully saturated rings. The molecule has 14 rings (SSSR count). The van der Waals surface area contributed by atoms with Crippen molar-refractivity contribution >= 4 is 109 Å². The van der Waals surface area contributed by atoms with Crippen LogP contribution in [-0.2, 0) is 0 Å². The van der Waals surface area contributed by atoms with Gasteiger partial charge in [0.15, 0.2) is 0 Å². The summed E-state index contributed by atoms with van der Waals surface area (Å²) in [6, 6.07) is 69.8. The molecule has 1 atom stereocenters. The average Bonchev–Trinajstić information content (AvgIpc) is 3.97. The van der Waals surface area contributed by atoms with Crippen LogP contribution >= 0.6 is 0 Å². The van der Waals surface area contributed by atoms with Crippen molar-refractivity contribution in [2.75, 3.05) is 0 Å². The van der Waals surface area contributed by atoms with E-state index in [0.29, 0.717) is 6.42 Å². The van der Waals surface area contributed by atoms with Crippen LogP contribution in [0.4, 0.5) is 0 Å². The highest BCUT2D eigenvalue weighted by Crippen LogP contribution is 2.43. The Bertz CT molecular complexity index is 4220. The Labute approximate surface area is 373 Å². The van der Waals surface area contributed by atoms with Gasteiger partial charge < -0.3 is 18.7 Å². The van der Waals surface area contributed by atoms with Crippen LogP contribution in [0.15, 0.2) is 214 Å². The lowest BCUT2D eigenvalue weighted by Gasteiger charge is -2.20. The first-order chi connectivity index (χ1) is 32.1. The number of para-hydroxylation sites is 2. The summed E-state index contributed by atoms with van der Waals surface area (Å²) in [6.07, 6.45) is 0.233. The largest absolute Gasteiger partial charge is 0.456 e. The Morgan fingerprint density at radius 1 is 0.462 bits per heavy atom. The molecule has 0 amide bonds. The highest BCUT2D eigenvalue weighted by atomic mass is 16.3. The zero-order chi connectivity index (χ0) is 42.8.